The van der Waals surface area contributed by atoms with Gasteiger partial charge < -0.3 is 11.1 Å². The highest BCUT2D eigenvalue weighted by molar-refractivity contribution is 5.82. The van der Waals surface area contributed by atoms with Crippen LogP contribution in [0.4, 0.5) is 0 Å². The van der Waals surface area contributed by atoms with Gasteiger partial charge in [-0.2, -0.15) is 0 Å². The van der Waals surface area contributed by atoms with Gasteiger partial charge >= 0.3 is 0 Å². The molecule has 0 aliphatic carbocycles. The molecule has 0 fully saturated rings. The summed E-state index contributed by atoms with van der Waals surface area (Å²) >= 11 is 0. The molecule has 15 heavy (non-hydrogen) atoms. The van der Waals surface area contributed by atoms with Gasteiger partial charge in [0.05, 0.1) is 5.41 Å². The van der Waals surface area contributed by atoms with Crippen molar-refractivity contribution >= 4 is 5.91 Å². The zero-order chi connectivity index (χ0) is 12.3. The van der Waals surface area contributed by atoms with Gasteiger partial charge in [-0.05, 0) is 25.2 Å². The lowest BCUT2D eigenvalue weighted by Gasteiger charge is -2.29. The van der Waals surface area contributed by atoms with Gasteiger partial charge in [-0.25, -0.2) is 0 Å². The average Bonchev–Trinajstić information content (AvgIpc) is 2.11. The first kappa shape index (κ1) is 14.4. The van der Waals surface area contributed by atoms with Crippen LogP contribution in [-0.4, -0.2) is 19.0 Å². The molecule has 0 saturated heterocycles. The van der Waals surface area contributed by atoms with Crippen LogP contribution in [0, 0.1) is 16.7 Å². The molecule has 0 aromatic heterocycles. The van der Waals surface area contributed by atoms with E-state index in [4.69, 9.17) is 5.73 Å². The molecule has 3 heteroatoms. The van der Waals surface area contributed by atoms with E-state index >= 15 is 0 Å². The molecule has 1 amide bonds. The minimum absolute atomic E-state index is 0.0427. The van der Waals surface area contributed by atoms with Crippen LogP contribution < -0.4 is 11.1 Å². The van der Waals surface area contributed by atoms with Crippen LogP contribution in [0.25, 0.3) is 0 Å². The van der Waals surface area contributed by atoms with Gasteiger partial charge in [-0.1, -0.05) is 27.7 Å². The van der Waals surface area contributed by atoms with Gasteiger partial charge in [-0.15, -0.1) is 0 Å². The van der Waals surface area contributed by atoms with Gasteiger partial charge in [-0.3, -0.25) is 4.79 Å². The number of hydrogen-bond acceptors (Lipinski definition) is 2. The molecule has 0 radical (unpaired) electrons. The Morgan fingerprint density at radius 2 is 1.73 bits per heavy atom. The third-order valence-corrected chi connectivity index (χ3v) is 3.17. The molecule has 3 nitrogen and oxygen atoms in total. The fraction of sp³-hybridized carbons (Fsp3) is 0.917. The van der Waals surface area contributed by atoms with Crippen molar-refractivity contribution in [1.82, 2.24) is 5.32 Å². The number of carbonyl (C=O) groups excluding carboxylic acids is 1. The van der Waals surface area contributed by atoms with Gasteiger partial charge in [0.25, 0.3) is 0 Å². The van der Waals surface area contributed by atoms with E-state index in [0.717, 1.165) is 0 Å². The number of carbonyl (C=O) groups is 1. The first-order chi connectivity index (χ1) is 6.61. The molecule has 0 heterocycles. The quantitative estimate of drug-likeness (QED) is 0.749. The van der Waals surface area contributed by atoms with Crippen molar-refractivity contribution in [2.24, 2.45) is 22.5 Å². The topological polar surface area (TPSA) is 55.1 Å². The summed E-state index contributed by atoms with van der Waals surface area (Å²) in [4.78, 5) is 11.7. The summed E-state index contributed by atoms with van der Waals surface area (Å²) in [5, 5.41) is 2.96. The average molecular weight is 214 g/mol. The molecule has 0 aliphatic heterocycles. The molecule has 0 rings (SSSR count). The SMILES string of the molecule is CC(CNC(=O)C(C)(C)CN)C(C)(C)C. The maximum absolute atomic E-state index is 11.7. The Morgan fingerprint density at radius 3 is 2.07 bits per heavy atom. The van der Waals surface area contributed by atoms with Crippen molar-refractivity contribution < 1.29 is 4.79 Å². The molecule has 0 bridgehead atoms. The van der Waals surface area contributed by atoms with Crippen LogP contribution in [0.15, 0.2) is 0 Å². The molecule has 0 aliphatic rings. The van der Waals surface area contributed by atoms with Crippen molar-refractivity contribution in [2.45, 2.75) is 41.5 Å². The summed E-state index contributed by atoms with van der Waals surface area (Å²) < 4.78 is 0. The first-order valence-corrected chi connectivity index (χ1v) is 5.59. The van der Waals surface area contributed by atoms with E-state index in [-0.39, 0.29) is 11.3 Å². The Bertz CT molecular complexity index is 216. The lowest BCUT2D eigenvalue weighted by molar-refractivity contribution is -0.129. The second-order valence-electron chi connectivity index (χ2n) is 6.07. The van der Waals surface area contributed by atoms with Crippen molar-refractivity contribution in [1.29, 1.82) is 0 Å². The highest BCUT2D eigenvalue weighted by Crippen LogP contribution is 2.24. The van der Waals surface area contributed by atoms with E-state index in [1.807, 2.05) is 13.8 Å². The van der Waals surface area contributed by atoms with Gasteiger partial charge in [0.1, 0.15) is 0 Å². The van der Waals surface area contributed by atoms with Crippen LogP contribution in [-0.2, 0) is 4.79 Å². The molecule has 0 aromatic carbocycles. The van der Waals surface area contributed by atoms with Gasteiger partial charge in [0.2, 0.25) is 5.91 Å². The van der Waals surface area contributed by atoms with Crippen molar-refractivity contribution in [3.05, 3.63) is 0 Å². The van der Waals surface area contributed by atoms with E-state index in [2.05, 4.69) is 33.0 Å². The summed E-state index contributed by atoms with van der Waals surface area (Å²) in [6, 6.07) is 0. The molecule has 90 valence electrons. The molecule has 0 spiro atoms. The number of amides is 1. The molecule has 1 unspecified atom stereocenters. The minimum Gasteiger partial charge on any atom is -0.355 e. The fourth-order valence-corrected chi connectivity index (χ4v) is 0.884. The minimum atomic E-state index is -0.461. The van der Waals surface area contributed by atoms with Crippen LogP contribution in [0.1, 0.15) is 41.5 Å². The molecular formula is C12H26N2O. The summed E-state index contributed by atoms with van der Waals surface area (Å²) in [6.45, 7) is 13.5. The highest BCUT2D eigenvalue weighted by atomic mass is 16.2. The first-order valence-electron chi connectivity index (χ1n) is 5.59. The number of nitrogens with two attached hydrogens (primary N) is 1. The van der Waals surface area contributed by atoms with Crippen LogP contribution >= 0.6 is 0 Å². The third-order valence-electron chi connectivity index (χ3n) is 3.17. The number of hydrogen-bond donors (Lipinski definition) is 2. The van der Waals surface area contributed by atoms with E-state index in [0.29, 0.717) is 19.0 Å². The lowest BCUT2D eigenvalue weighted by atomic mass is 9.82. The molecule has 0 aromatic rings. The monoisotopic (exact) mass is 214 g/mol. The van der Waals surface area contributed by atoms with E-state index < -0.39 is 5.41 Å². The van der Waals surface area contributed by atoms with Crippen LogP contribution in [0.2, 0.25) is 0 Å². The smallest absolute Gasteiger partial charge is 0.226 e. The normalized spacial score (nSPS) is 14.9. The van der Waals surface area contributed by atoms with Crippen molar-refractivity contribution in [2.75, 3.05) is 13.1 Å². The standard InChI is InChI=1S/C12H26N2O/c1-9(11(2,3)4)7-14-10(15)12(5,6)8-13/h9H,7-8,13H2,1-6H3,(H,14,15). The Balaban J connectivity index is 4.13. The molecule has 1 atom stereocenters. The third kappa shape index (κ3) is 4.65. The predicted molar refractivity (Wildman–Crippen MR) is 64.5 cm³/mol. The van der Waals surface area contributed by atoms with Crippen molar-refractivity contribution in [3.63, 3.8) is 0 Å². The lowest BCUT2D eigenvalue weighted by Crippen LogP contribution is -2.44. The summed E-state index contributed by atoms with van der Waals surface area (Å²) in [5.41, 5.74) is 5.30. The van der Waals surface area contributed by atoms with Gasteiger partial charge in [0.15, 0.2) is 0 Å². The Morgan fingerprint density at radius 1 is 1.27 bits per heavy atom. The fourth-order valence-electron chi connectivity index (χ4n) is 0.884. The Labute approximate surface area is 93.8 Å². The highest BCUT2D eigenvalue weighted by Gasteiger charge is 2.27. The summed E-state index contributed by atoms with van der Waals surface area (Å²) in [7, 11) is 0. The van der Waals surface area contributed by atoms with E-state index in [1.54, 1.807) is 0 Å². The van der Waals surface area contributed by atoms with Crippen LogP contribution in [0.3, 0.4) is 0 Å². The van der Waals surface area contributed by atoms with Crippen molar-refractivity contribution in [3.8, 4) is 0 Å². The largest absolute Gasteiger partial charge is 0.355 e. The van der Waals surface area contributed by atoms with Crippen LogP contribution in [0.5, 0.6) is 0 Å². The second-order valence-corrected chi connectivity index (χ2v) is 6.07. The number of rotatable bonds is 4. The second kappa shape index (κ2) is 4.97. The number of nitrogens with one attached hydrogen (secondary N) is 1. The Hall–Kier alpha value is -0.570. The summed E-state index contributed by atoms with van der Waals surface area (Å²) in [5.74, 6) is 0.496. The summed E-state index contributed by atoms with van der Waals surface area (Å²) in [6.07, 6.45) is 0. The zero-order valence-electron chi connectivity index (χ0n) is 11.0. The molecule has 0 saturated carbocycles. The van der Waals surface area contributed by atoms with E-state index in [9.17, 15) is 4.79 Å². The molecular weight excluding hydrogens is 188 g/mol. The maximum atomic E-state index is 11.7. The Kier molecular flexibility index (Phi) is 4.78. The molecule has 3 N–H and O–H groups in total. The maximum Gasteiger partial charge on any atom is 0.226 e. The van der Waals surface area contributed by atoms with E-state index in [1.165, 1.54) is 0 Å². The predicted octanol–water partition coefficient (Wildman–Crippen LogP) is 1.77. The zero-order valence-corrected chi connectivity index (χ0v) is 11.0. The van der Waals surface area contributed by atoms with Gasteiger partial charge in [0, 0.05) is 13.1 Å².